The van der Waals surface area contributed by atoms with Crippen molar-refractivity contribution in [2.45, 2.75) is 18.8 Å². The van der Waals surface area contributed by atoms with Gasteiger partial charge in [0.05, 0.1) is 7.11 Å². The number of aromatic nitrogens is 1. The fourth-order valence-electron chi connectivity index (χ4n) is 3.32. The van der Waals surface area contributed by atoms with Crippen molar-refractivity contribution in [3.8, 4) is 5.88 Å². The number of nitrogens with one attached hydrogen (secondary N) is 1. The van der Waals surface area contributed by atoms with Crippen molar-refractivity contribution in [1.29, 1.82) is 0 Å². The van der Waals surface area contributed by atoms with Crippen LogP contribution in [-0.2, 0) is 0 Å². The van der Waals surface area contributed by atoms with Crippen molar-refractivity contribution in [3.63, 3.8) is 0 Å². The molecule has 2 heterocycles. The molecule has 1 saturated carbocycles. The maximum absolute atomic E-state index is 5.90. The maximum Gasteiger partial charge on any atom is 0.217 e. The van der Waals surface area contributed by atoms with Crippen LogP contribution in [0, 0.1) is 11.8 Å². The molecule has 1 saturated heterocycles. The third-order valence-corrected chi connectivity index (χ3v) is 4.35. The molecule has 4 heteroatoms. The Kier molecular flexibility index (Phi) is 2.97. The zero-order chi connectivity index (χ0) is 11.8. The highest BCUT2D eigenvalue weighted by Gasteiger charge is 2.38. The van der Waals surface area contributed by atoms with Crippen LogP contribution in [0.15, 0.2) is 12.1 Å². The van der Waals surface area contributed by atoms with Crippen LogP contribution in [-0.4, -0.2) is 25.2 Å². The summed E-state index contributed by atoms with van der Waals surface area (Å²) in [6.07, 6.45) is 2.49. The molecule has 1 aliphatic carbocycles. The minimum atomic E-state index is 0.505. The second-order valence-corrected chi connectivity index (χ2v) is 5.47. The second kappa shape index (κ2) is 4.46. The summed E-state index contributed by atoms with van der Waals surface area (Å²) in [6.45, 7) is 2.34. The Labute approximate surface area is 107 Å². The van der Waals surface area contributed by atoms with E-state index in [0.29, 0.717) is 17.0 Å². The highest BCUT2D eigenvalue weighted by atomic mass is 35.5. The first-order chi connectivity index (χ1) is 8.28. The van der Waals surface area contributed by atoms with Gasteiger partial charge in [0, 0.05) is 5.56 Å². The Bertz CT molecular complexity index is 412. The van der Waals surface area contributed by atoms with Gasteiger partial charge in [0.25, 0.3) is 0 Å². The third kappa shape index (κ3) is 2.02. The van der Waals surface area contributed by atoms with Crippen LogP contribution in [0.1, 0.15) is 24.3 Å². The number of fused-ring (bicyclic) bond motifs is 1. The molecule has 1 aliphatic heterocycles. The minimum Gasteiger partial charge on any atom is -0.481 e. The summed E-state index contributed by atoms with van der Waals surface area (Å²) in [5.74, 6) is 2.96. The van der Waals surface area contributed by atoms with Gasteiger partial charge < -0.3 is 10.1 Å². The van der Waals surface area contributed by atoms with E-state index < -0.39 is 0 Å². The highest BCUT2D eigenvalue weighted by molar-refractivity contribution is 6.29. The lowest BCUT2D eigenvalue weighted by Crippen LogP contribution is -2.12. The molecular formula is C13H17ClN2O. The average molecular weight is 253 g/mol. The fraction of sp³-hybridized carbons (Fsp3) is 0.615. The number of pyridine rings is 1. The van der Waals surface area contributed by atoms with Crippen molar-refractivity contribution in [1.82, 2.24) is 10.3 Å². The van der Waals surface area contributed by atoms with Crippen LogP contribution in [0.25, 0.3) is 0 Å². The molecule has 2 aliphatic rings. The number of ether oxygens (including phenoxy) is 1. The molecule has 92 valence electrons. The first-order valence-corrected chi connectivity index (χ1v) is 6.57. The smallest absolute Gasteiger partial charge is 0.217 e. The number of hydrogen-bond acceptors (Lipinski definition) is 3. The molecule has 17 heavy (non-hydrogen) atoms. The molecule has 0 aromatic carbocycles. The van der Waals surface area contributed by atoms with Crippen LogP contribution in [0.2, 0.25) is 5.15 Å². The third-order valence-electron chi connectivity index (χ3n) is 4.14. The summed E-state index contributed by atoms with van der Waals surface area (Å²) in [5.41, 5.74) is 1.23. The molecule has 1 N–H and O–H groups in total. The molecule has 2 atom stereocenters. The molecule has 1 aromatic heterocycles. The van der Waals surface area contributed by atoms with Crippen molar-refractivity contribution in [3.05, 3.63) is 22.8 Å². The highest BCUT2D eigenvalue weighted by Crippen LogP contribution is 2.46. The van der Waals surface area contributed by atoms with Gasteiger partial charge in [-0.3, -0.25) is 0 Å². The van der Waals surface area contributed by atoms with Crippen LogP contribution in [0.3, 0.4) is 0 Å². The van der Waals surface area contributed by atoms with E-state index in [-0.39, 0.29) is 0 Å². The van der Waals surface area contributed by atoms with Crippen molar-refractivity contribution in [2.75, 3.05) is 20.2 Å². The van der Waals surface area contributed by atoms with Gasteiger partial charge in [-0.2, -0.15) is 0 Å². The standard InChI is InChI=1S/C13H17ClN2O/c1-17-13-11(2-3-12(14)16-13)8-4-9-6-15-7-10(9)5-8/h2-3,8-10,15H,4-7H2,1H3. The van der Waals surface area contributed by atoms with E-state index in [9.17, 15) is 0 Å². The van der Waals surface area contributed by atoms with Gasteiger partial charge in [0.2, 0.25) is 5.88 Å². The van der Waals surface area contributed by atoms with E-state index in [1.807, 2.05) is 6.07 Å². The topological polar surface area (TPSA) is 34.1 Å². The Morgan fingerprint density at radius 1 is 1.29 bits per heavy atom. The summed E-state index contributed by atoms with van der Waals surface area (Å²) in [6, 6.07) is 3.94. The molecule has 0 amide bonds. The van der Waals surface area contributed by atoms with Gasteiger partial charge in [-0.1, -0.05) is 17.7 Å². The first kappa shape index (κ1) is 11.3. The molecule has 0 radical (unpaired) electrons. The predicted molar refractivity (Wildman–Crippen MR) is 67.6 cm³/mol. The van der Waals surface area contributed by atoms with E-state index in [1.165, 1.54) is 31.5 Å². The van der Waals surface area contributed by atoms with Gasteiger partial charge >= 0.3 is 0 Å². The molecule has 0 bridgehead atoms. The second-order valence-electron chi connectivity index (χ2n) is 5.08. The first-order valence-electron chi connectivity index (χ1n) is 6.19. The summed E-state index contributed by atoms with van der Waals surface area (Å²) < 4.78 is 5.35. The Morgan fingerprint density at radius 3 is 2.65 bits per heavy atom. The Balaban J connectivity index is 1.85. The molecule has 2 fully saturated rings. The number of nitrogens with zero attached hydrogens (tertiary/aromatic N) is 1. The van der Waals surface area contributed by atoms with Gasteiger partial charge in [-0.15, -0.1) is 0 Å². The van der Waals surface area contributed by atoms with Crippen molar-refractivity contribution < 1.29 is 4.74 Å². The minimum absolute atomic E-state index is 0.505. The van der Waals surface area contributed by atoms with E-state index in [2.05, 4.69) is 16.4 Å². The zero-order valence-corrected chi connectivity index (χ0v) is 10.7. The normalized spacial score (nSPS) is 31.5. The lowest BCUT2D eigenvalue weighted by molar-refractivity contribution is 0.387. The maximum atomic E-state index is 5.90. The number of rotatable bonds is 2. The van der Waals surface area contributed by atoms with E-state index in [4.69, 9.17) is 16.3 Å². The van der Waals surface area contributed by atoms with Gasteiger partial charge in [-0.05, 0) is 49.8 Å². The van der Waals surface area contributed by atoms with Crippen molar-refractivity contribution >= 4 is 11.6 Å². The fourth-order valence-corrected chi connectivity index (χ4v) is 3.46. The molecule has 2 unspecified atom stereocenters. The molecule has 3 nitrogen and oxygen atoms in total. The van der Waals surface area contributed by atoms with Crippen LogP contribution in [0.5, 0.6) is 5.88 Å². The van der Waals surface area contributed by atoms with E-state index >= 15 is 0 Å². The number of halogens is 1. The van der Waals surface area contributed by atoms with Crippen molar-refractivity contribution in [2.24, 2.45) is 11.8 Å². The quantitative estimate of drug-likeness (QED) is 0.821. The SMILES string of the molecule is COc1nc(Cl)ccc1C1CC2CNCC2C1. The monoisotopic (exact) mass is 252 g/mol. The van der Waals surface area contributed by atoms with Crippen LogP contribution in [0.4, 0.5) is 0 Å². The summed E-state index contributed by atoms with van der Waals surface area (Å²) in [7, 11) is 1.67. The van der Waals surface area contributed by atoms with Gasteiger partial charge in [0.1, 0.15) is 5.15 Å². The van der Waals surface area contributed by atoms with Gasteiger partial charge in [-0.25, -0.2) is 4.98 Å². The lowest BCUT2D eigenvalue weighted by Gasteiger charge is -2.14. The predicted octanol–water partition coefficient (Wildman–Crippen LogP) is 2.46. The number of methoxy groups -OCH3 is 1. The number of hydrogen-bond donors (Lipinski definition) is 1. The molecule has 3 rings (SSSR count). The largest absolute Gasteiger partial charge is 0.481 e. The Morgan fingerprint density at radius 2 is 2.00 bits per heavy atom. The summed E-state index contributed by atoms with van der Waals surface area (Å²) >= 11 is 5.90. The van der Waals surface area contributed by atoms with Gasteiger partial charge in [0.15, 0.2) is 0 Å². The lowest BCUT2D eigenvalue weighted by atomic mass is 9.97. The Hall–Kier alpha value is -0.800. The average Bonchev–Trinajstić information content (AvgIpc) is 2.89. The molecule has 0 spiro atoms. The van der Waals surface area contributed by atoms with E-state index in [1.54, 1.807) is 7.11 Å². The zero-order valence-electron chi connectivity index (χ0n) is 9.95. The van der Waals surface area contributed by atoms with Crippen LogP contribution >= 0.6 is 11.6 Å². The summed E-state index contributed by atoms with van der Waals surface area (Å²) in [4.78, 5) is 4.26. The summed E-state index contributed by atoms with van der Waals surface area (Å²) in [5, 5.41) is 3.97. The molecule has 1 aromatic rings. The van der Waals surface area contributed by atoms with Crippen LogP contribution < -0.4 is 10.1 Å². The molecular weight excluding hydrogens is 236 g/mol. The van der Waals surface area contributed by atoms with E-state index in [0.717, 1.165) is 11.8 Å².